The number of likely N-dealkylation sites (N-methyl/N-ethyl adjacent to an activating group) is 1. The molecule has 0 bridgehead atoms. The van der Waals surface area contributed by atoms with Crippen molar-refractivity contribution in [3.63, 3.8) is 0 Å². The van der Waals surface area contributed by atoms with Gasteiger partial charge in [-0.25, -0.2) is 0 Å². The number of halogens is 1. The molecule has 0 spiro atoms. The Labute approximate surface area is 120 Å². The second-order valence-electron chi connectivity index (χ2n) is 4.03. The van der Waals surface area contributed by atoms with E-state index in [0.29, 0.717) is 5.75 Å². The summed E-state index contributed by atoms with van der Waals surface area (Å²) in [5, 5.41) is 0. The predicted octanol–water partition coefficient (Wildman–Crippen LogP) is 3.49. The van der Waals surface area contributed by atoms with Crippen molar-refractivity contribution in [3.8, 4) is 5.75 Å². The minimum atomic E-state index is -0.0915. The molecule has 19 heavy (non-hydrogen) atoms. The Morgan fingerprint density at radius 3 is 2.58 bits per heavy atom. The van der Waals surface area contributed by atoms with Gasteiger partial charge in [0.15, 0.2) is 6.61 Å². The molecule has 2 rings (SSSR count). The number of carbonyl (C=O) groups is 1. The van der Waals surface area contributed by atoms with Crippen LogP contribution >= 0.6 is 15.9 Å². The molecule has 0 heterocycles. The summed E-state index contributed by atoms with van der Waals surface area (Å²) >= 11 is 3.36. The minimum absolute atomic E-state index is 0.0157. The molecule has 0 atom stereocenters. The number of nitrogens with zero attached hydrogens (tertiary/aromatic N) is 1. The van der Waals surface area contributed by atoms with Crippen molar-refractivity contribution in [2.45, 2.75) is 0 Å². The molecular weight excluding hydrogens is 306 g/mol. The zero-order chi connectivity index (χ0) is 13.7. The fourth-order valence-corrected chi connectivity index (χ4v) is 1.97. The van der Waals surface area contributed by atoms with Gasteiger partial charge in [-0.3, -0.25) is 4.79 Å². The van der Waals surface area contributed by atoms with Crippen molar-refractivity contribution in [1.82, 2.24) is 0 Å². The van der Waals surface area contributed by atoms with E-state index in [1.165, 1.54) is 0 Å². The number of carbonyl (C=O) groups excluding carboxylic acids is 1. The van der Waals surface area contributed by atoms with Crippen LogP contribution in [0, 0.1) is 0 Å². The monoisotopic (exact) mass is 319 g/mol. The maximum absolute atomic E-state index is 12.0. The van der Waals surface area contributed by atoms with E-state index < -0.39 is 0 Å². The molecule has 0 aliphatic carbocycles. The van der Waals surface area contributed by atoms with Gasteiger partial charge in [0.2, 0.25) is 0 Å². The standard InChI is InChI=1S/C15H14BrNO2/c1-17(13-7-3-2-4-8-13)15(18)11-19-14-9-5-6-12(16)10-14/h2-10H,11H2,1H3. The first kappa shape index (κ1) is 13.6. The van der Waals surface area contributed by atoms with Gasteiger partial charge < -0.3 is 9.64 Å². The Kier molecular flexibility index (Phi) is 4.58. The minimum Gasteiger partial charge on any atom is -0.484 e. The fourth-order valence-electron chi connectivity index (χ4n) is 1.59. The third-order valence-electron chi connectivity index (χ3n) is 2.68. The molecule has 2 aromatic rings. The van der Waals surface area contributed by atoms with Crippen molar-refractivity contribution in [2.24, 2.45) is 0 Å². The van der Waals surface area contributed by atoms with Crippen LogP contribution < -0.4 is 9.64 Å². The quantitative estimate of drug-likeness (QED) is 0.863. The zero-order valence-electron chi connectivity index (χ0n) is 10.5. The van der Waals surface area contributed by atoms with Crippen LogP contribution in [0.1, 0.15) is 0 Å². The van der Waals surface area contributed by atoms with E-state index in [0.717, 1.165) is 10.2 Å². The number of benzene rings is 2. The van der Waals surface area contributed by atoms with Crippen LogP contribution in [0.3, 0.4) is 0 Å². The topological polar surface area (TPSA) is 29.5 Å². The number of anilines is 1. The highest BCUT2D eigenvalue weighted by Gasteiger charge is 2.11. The average molecular weight is 320 g/mol. The number of amides is 1. The number of rotatable bonds is 4. The molecule has 0 saturated heterocycles. The third-order valence-corrected chi connectivity index (χ3v) is 3.17. The van der Waals surface area contributed by atoms with Crippen LogP contribution in [0.15, 0.2) is 59.1 Å². The molecular formula is C15H14BrNO2. The van der Waals surface area contributed by atoms with E-state index in [1.54, 1.807) is 11.9 Å². The summed E-state index contributed by atoms with van der Waals surface area (Å²) < 4.78 is 6.39. The largest absolute Gasteiger partial charge is 0.484 e. The van der Waals surface area contributed by atoms with Crippen LogP contribution in [0.5, 0.6) is 5.75 Å². The van der Waals surface area contributed by atoms with Gasteiger partial charge in [0.1, 0.15) is 5.75 Å². The summed E-state index contributed by atoms with van der Waals surface area (Å²) in [6, 6.07) is 16.9. The second kappa shape index (κ2) is 6.38. The lowest BCUT2D eigenvalue weighted by atomic mass is 10.3. The van der Waals surface area contributed by atoms with Crippen LogP contribution in [-0.4, -0.2) is 19.6 Å². The maximum atomic E-state index is 12.0. The molecule has 2 aromatic carbocycles. The van der Waals surface area contributed by atoms with E-state index in [1.807, 2.05) is 54.6 Å². The number of para-hydroxylation sites is 1. The lowest BCUT2D eigenvalue weighted by Crippen LogP contribution is -2.31. The van der Waals surface area contributed by atoms with Gasteiger partial charge in [-0.2, -0.15) is 0 Å². The molecule has 0 aromatic heterocycles. The Balaban J connectivity index is 1.95. The van der Waals surface area contributed by atoms with Crippen molar-refractivity contribution < 1.29 is 9.53 Å². The SMILES string of the molecule is CN(C(=O)COc1cccc(Br)c1)c1ccccc1. The van der Waals surface area contributed by atoms with Crippen molar-refractivity contribution in [3.05, 3.63) is 59.1 Å². The first-order valence-electron chi connectivity index (χ1n) is 5.87. The maximum Gasteiger partial charge on any atom is 0.264 e. The van der Waals surface area contributed by atoms with Gasteiger partial charge in [0.25, 0.3) is 5.91 Å². The number of hydrogen-bond acceptors (Lipinski definition) is 2. The van der Waals surface area contributed by atoms with Gasteiger partial charge in [0.05, 0.1) is 0 Å². The van der Waals surface area contributed by atoms with E-state index in [2.05, 4.69) is 15.9 Å². The lowest BCUT2D eigenvalue weighted by Gasteiger charge is -2.17. The summed E-state index contributed by atoms with van der Waals surface area (Å²) in [6.07, 6.45) is 0. The zero-order valence-corrected chi connectivity index (χ0v) is 12.1. The van der Waals surface area contributed by atoms with Crippen LogP contribution in [0.2, 0.25) is 0 Å². The Bertz CT molecular complexity index is 557. The molecule has 0 fully saturated rings. The lowest BCUT2D eigenvalue weighted by molar-refractivity contribution is -0.120. The van der Waals surface area contributed by atoms with Gasteiger partial charge >= 0.3 is 0 Å². The normalized spacial score (nSPS) is 10.0. The van der Waals surface area contributed by atoms with Crippen LogP contribution in [-0.2, 0) is 4.79 Å². The number of hydrogen-bond donors (Lipinski definition) is 0. The first-order chi connectivity index (χ1) is 9.16. The highest BCUT2D eigenvalue weighted by atomic mass is 79.9. The summed E-state index contributed by atoms with van der Waals surface area (Å²) in [7, 11) is 1.74. The van der Waals surface area contributed by atoms with Gasteiger partial charge in [-0.15, -0.1) is 0 Å². The Morgan fingerprint density at radius 1 is 1.16 bits per heavy atom. The molecule has 0 aliphatic rings. The molecule has 0 unspecified atom stereocenters. The smallest absolute Gasteiger partial charge is 0.264 e. The molecule has 1 amide bonds. The number of ether oxygens (including phenoxy) is 1. The van der Waals surface area contributed by atoms with E-state index >= 15 is 0 Å². The third kappa shape index (κ3) is 3.83. The molecule has 98 valence electrons. The van der Waals surface area contributed by atoms with E-state index in [4.69, 9.17) is 4.74 Å². The van der Waals surface area contributed by atoms with Crippen molar-refractivity contribution >= 4 is 27.5 Å². The van der Waals surface area contributed by atoms with Crippen molar-refractivity contribution in [1.29, 1.82) is 0 Å². The summed E-state index contributed by atoms with van der Waals surface area (Å²) in [4.78, 5) is 13.6. The van der Waals surface area contributed by atoms with Gasteiger partial charge in [-0.1, -0.05) is 40.2 Å². The molecule has 0 aliphatic heterocycles. The molecule has 0 N–H and O–H groups in total. The van der Waals surface area contributed by atoms with Crippen LogP contribution in [0.4, 0.5) is 5.69 Å². The van der Waals surface area contributed by atoms with Gasteiger partial charge in [-0.05, 0) is 30.3 Å². The Morgan fingerprint density at radius 2 is 1.89 bits per heavy atom. The highest BCUT2D eigenvalue weighted by molar-refractivity contribution is 9.10. The predicted molar refractivity (Wildman–Crippen MR) is 79.5 cm³/mol. The average Bonchev–Trinajstić information content (AvgIpc) is 2.45. The molecule has 4 heteroatoms. The van der Waals surface area contributed by atoms with Crippen molar-refractivity contribution in [2.75, 3.05) is 18.6 Å². The van der Waals surface area contributed by atoms with Crippen LogP contribution in [0.25, 0.3) is 0 Å². The summed E-state index contributed by atoms with van der Waals surface area (Å²) in [5.41, 5.74) is 0.852. The molecule has 0 saturated carbocycles. The summed E-state index contributed by atoms with van der Waals surface area (Å²) in [5.74, 6) is 0.579. The first-order valence-corrected chi connectivity index (χ1v) is 6.66. The van der Waals surface area contributed by atoms with E-state index in [9.17, 15) is 4.79 Å². The van der Waals surface area contributed by atoms with Gasteiger partial charge in [0, 0.05) is 17.2 Å². The Hall–Kier alpha value is -1.81. The molecule has 3 nitrogen and oxygen atoms in total. The van der Waals surface area contributed by atoms with E-state index in [-0.39, 0.29) is 12.5 Å². The highest BCUT2D eigenvalue weighted by Crippen LogP contribution is 2.18. The fraction of sp³-hybridized carbons (Fsp3) is 0.133. The second-order valence-corrected chi connectivity index (χ2v) is 4.95. The summed E-state index contributed by atoms with van der Waals surface area (Å²) in [6.45, 7) is 0.0157. The molecule has 0 radical (unpaired) electrons.